The van der Waals surface area contributed by atoms with Crippen molar-refractivity contribution in [2.75, 3.05) is 5.32 Å². The zero-order valence-electron chi connectivity index (χ0n) is 18.7. The van der Waals surface area contributed by atoms with Crippen LogP contribution in [-0.2, 0) is 16.6 Å². The number of hydrogen-bond donors (Lipinski definition) is 2. The van der Waals surface area contributed by atoms with Crippen LogP contribution in [0.3, 0.4) is 0 Å². The third-order valence-electron chi connectivity index (χ3n) is 6.08. The Balaban J connectivity index is 1.57. The van der Waals surface area contributed by atoms with E-state index in [0.29, 0.717) is 5.02 Å². The van der Waals surface area contributed by atoms with Crippen LogP contribution in [0.4, 0.5) is 27.8 Å². The quantitative estimate of drug-likeness (QED) is 0.362. The van der Waals surface area contributed by atoms with Gasteiger partial charge in [0, 0.05) is 31.2 Å². The molecule has 4 aromatic rings. The highest BCUT2D eigenvalue weighted by atomic mass is 35.5. The number of nitrogens with one attached hydrogen (secondary N) is 1. The van der Waals surface area contributed by atoms with Crippen molar-refractivity contribution in [3.05, 3.63) is 58.9 Å². The summed E-state index contributed by atoms with van der Waals surface area (Å²) < 4.78 is 66.4. The first-order chi connectivity index (χ1) is 17.3. The molecule has 5 rings (SSSR count). The number of aryl methyl sites for hydroxylation is 1. The van der Waals surface area contributed by atoms with E-state index in [-0.39, 0.29) is 39.9 Å². The van der Waals surface area contributed by atoms with Gasteiger partial charge in [-0.2, -0.15) is 26.9 Å². The minimum Gasteiger partial charge on any atom is -0.493 e. The molecule has 0 aliphatic carbocycles. The lowest BCUT2D eigenvalue weighted by Gasteiger charge is -2.21. The summed E-state index contributed by atoms with van der Waals surface area (Å²) in [7, 11) is 0. The number of rotatable bonds is 5. The highest BCUT2D eigenvalue weighted by Crippen LogP contribution is 2.45. The van der Waals surface area contributed by atoms with E-state index >= 15 is 0 Å². The number of alkyl halides is 5. The molecule has 0 bridgehead atoms. The molecule has 2 N–H and O–H groups in total. The molecule has 0 saturated heterocycles. The van der Waals surface area contributed by atoms with Crippen LogP contribution in [0.1, 0.15) is 30.3 Å². The number of fused-ring (bicyclic) bond motifs is 2. The first kappa shape index (κ1) is 24.7. The fraction of sp³-hybridized carbons (Fsp3) is 0.273. The van der Waals surface area contributed by atoms with Crippen molar-refractivity contribution in [1.29, 1.82) is 0 Å². The van der Waals surface area contributed by atoms with E-state index in [1.54, 1.807) is 0 Å². The number of aromatic nitrogens is 6. The lowest BCUT2D eigenvalue weighted by molar-refractivity contribution is -0.284. The van der Waals surface area contributed by atoms with E-state index in [4.69, 9.17) is 11.6 Å². The van der Waals surface area contributed by atoms with E-state index in [1.807, 2.05) is 0 Å². The predicted molar refractivity (Wildman–Crippen MR) is 119 cm³/mol. The van der Waals surface area contributed by atoms with Crippen molar-refractivity contribution in [3.63, 3.8) is 0 Å². The topological polar surface area (TPSA) is 118 Å². The van der Waals surface area contributed by atoms with Crippen molar-refractivity contribution < 1.29 is 31.9 Å². The average molecular weight is 540 g/mol. The Morgan fingerprint density at radius 3 is 2.57 bits per heavy atom. The minimum absolute atomic E-state index is 0.0376. The molecule has 1 atom stereocenters. The smallest absolute Gasteiger partial charge is 0.453 e. The highest BCUT2D eigenvalue weighted by molar-refractivity contribution is 6.30. The molecule has 0 spiro atoms. The number of anilines is 1. The Morgan fingerprint density at radius 2 is 1.89 bits per heavy atom. The largest absolute Gasteiger partial charge is 0.493 e. The molecule has 9 nitrogen and oxygen atoms in total. The Hall–Kier alpha value is -3.94. The van der Waals surface area contributed by atoms with Gasteiger partial charge in [-0.3, -0.25) is 9.78 Å². The Kier molecular flexibility index (Phi) is 5.55. The van der Waals surface area contributed by atoms with Gasteiger partial charge in [-0.1, -0.05) is 11.6 Å². The zero-order chi connectivity index (χ0) is 26.8. The summed E-state index contributed by atoms with van der Waals surface area (Å²) in [5.74, 6) is -6.29. The number of aromatic hydroxyl groups is 1. The van der Waals surface area contributed by atoms with Crippen LogP contribution in [-0.4, -0.2) is 52.4 Å². The number of imidazole rings is 1. The molecular formula is C22H15ClF5N7O2. The minimum atomic E-state index is -5.71. The van der Waals surface area contributed by atoms with E-state index in [9.17, 15) is 31.9 Å². The molecule has 5 heterocycles. The van der Waals surface area contributed by atoms with Crippen LogP contribution in [0.2, 0.25) is 5.02 Å². The summed E-state index contributed by atoms with van der Waals surface area (Å²) >= 11 is 5.89. The first-order valence-electron chi connectivity index (χ1n) is 10.6. The van der Waals surface area contributed by atoms with Crippen molar-refractivity contribution in [3.8, 4) is 17.4 Å². The van der Waals surface area contributed by atoms with Crippen LogP contribution >= 0.6 is 11.6 Å². The third kappa shape index (κ3) is 4.00. The van der Waals surface area contributed by atoms with Crippen LogP contribution in [0, 0.1) is 0 Å². The SMILES string of the molecule is CC1(c2ccc(Cl)cn2)C(=O)Nc2nc(-c3cn4ccnc4c(CCC(F)(F)C(F)(F)F)n3)nc(O)c21. The molecule has 0 aromatic carbocycles. The van der Waals surface area contributed by atoms with Gasteiger partial charge in [-0.05, 0) is 25.5 Å². The second-order valence-corrected chi connectivity index (χ2v) is 8.90. The maximum Gasteiger partial charge on any atom is 0.453 e. The van der Waals surface area contributed by atoms with Crippen LogP contribution < -0.4 is 5.32 Å². The average Bonchev–Trinajstić information content (AvgIpc) is 3.40. The molecule has 1 aliphatic rings. The number of halogens is 6. The molecule has 15 heteroatoms. The molecule has 192 valence electrons. The molecule has 1 amide bonds. The predicted octanol–water partition coefficient (Wildman–Crippen LogP) is 4.33. The Labute approximate surface area is 209 Å². The first-order valence-corrected chi connectivity index (χ1v) is 11.0. The normalized spacial score (nSPS) is 17.8. The van der Waals surface area contributed by atoms with E-state index in [0.717, 1.165) is 0 Å². The van der Waals surface area contributed by atoms with Crippen LogP contribution in [0.15, 0.2) is 36.9 Å². The van der Waals surface area contributed by atoms with Gasteiger partial charge >= 0.3 is 12.1 Å². The van der Waals surface area contributed by atoms with Gasteiger partial charge < -0.3 is 14.8 Å². The summed E-state index contributed by atoms with van der Waals surface area (Å²) in [5.41, 5.74) is -1.29. The number of hydrogen-bond acceptors (Lipinski definition) is 7. The number of nitrogens with zero attached hydrogens (tertiary/aromatic N) is 6. The summed E-state index contributed by atoms with van der Waals surface area (Å²) in [5, 5.41) is 13.7. The monoisotopic (exact) mass is 539 g/mol. The number of carbonyl (C=O) groups excluding carboxylic acids is 1. The molecule has 4 aromatic heterocycles. The molecule has 37 heavy (non-hydrogen) atoms. The van der Waals surface area contributed by atoms with Gasteiger partial charge in [0.2, 0.25) is 11.8 Å². The summed E-state index contributed by atoms with van der Waals surface area (Å²) in [4.78, 5) is 33.6. The molecule has 0 saturated carbocycles. The highest BCUT2D eigenvalue weighted by Gasteiger charge is 2.56. The molecule has 1 unspecified atom stereocenters. The zero-order valence-corrected chi connectivity index (χ0v) is 19.4. The van der Waals surface area contributed by atoms with Gasteiger partial charge in [-0.15, -0.1) is 0 Å². The van der Waals surface area contributed by atoms with E-state index in [2.05, 4.69) is 30.2 Å². The van der Waals surface area contributed by atoms with Gasteiger partial charge in [-0.25, -0.2) is 15.0 Å². The molecule has 0 fully saturated rings. The molecular weight excluding hydrogens is 525 g/mol. The molecule has 0 radical (unpaired) electrons. The second kappa shape index (κ2) is 8.30. The van der Waals surface area contributed by atoms with E-state index < -0.39 is 42.1 Å². The Morgan fingerprint density at radius 1 is 1.14 bits per heavy atom. The number of carbonyl (C=O) groups is 1. The maximum atomic E-state index is 13.5. The van der Waals surface area contributed by atoms with Crippen LogP contribution in [0.5, 0.6) is 5.88 Å². The summed E-state index contributed by atoms with van der Waals surface area (Å²) in [6, 6.07) is 3.04. The second-order valence-electron chi connectivity index (χ2n) is 8.47. The van der Waals surface area contributed by atoms with Gasteiger partial charge in [0.15, 0.2) is 11.5 Å². The van der Waals surface area contributed by atoms with Gasteiger partial charge in [0.1, 0.15) is 16.9 Å². The fourth-order valence-electron chi connectivity index (χ4n) is 4.07. The third-order valence-corrected chi connectivity index (χ3v) is 6.30. The molecule has 1 aliphatic heterocycles. The maximum absolute atomic E-state index is 13.5. The van der Waals surface area contributed by atoms with E-state index in [1.165, 1.54) is 48.2 Å². The lowest BCUT2D eigenvalue weighted by Crippen LogP contribution is -2.36. The lowest BCUT2D eigenvalue weighted by atomic mass is 9.81. The summed E-state index contributed by atoms with van der Waals surface area (Å²) in [6.45, 7) is 1.52. The number of amides is 1. The van der Waals surface area contributed by atoms with Crippen LogP contribution in [0.25, 0.3) is 17.2 Å². The Bertz CT molecular complexity index is 1540. The van der Waals surface area contributed by atoms with Crippen molar-refractivity contribution >= 4 is 29.0 Å². The fourth-order valence-corrected chi connectivity index (χ4v) is 4.18. The standard InChI is InChI=1S/C22H15ClF5N7O2/c1-20(13-3-2-10(23)8-30-13)14-16(34-19(20)37)32-15(33-18(14)36)12-9-35-7-6-29-17(35)11(31-12)4-5-21(24,25)22(26,27)28/h2-3,6-9H,4-5H2,1H3,(H2,32,33,34,36,37). The van der Waals surface area contributed by atoms with Gasteiger partial charge in [0.05, 0.1) is 22.0 Å². The van der Waals surface area contributed by atoms with Crippen molar-refractivity contribution in [1.82, 2.24) is 29.3 Å². The van der Waals surface area contributed by atoms with Crippen molar-refractivity contribution in [2.24, 2.45) is 0 Å². The number of pyridine rings is 1. The van der Waals surface area contributed by atoms with Crippen molar-refractivity contribution in [2.45, 2.75) is 37.3 Å². The van der Waals surface area contributed by atoms with Gasteiger partial charge in [0.25, 0.3) is 0 Å². The summed E-state index contributed by atoms with van der Waals surface area (Å²) in [6.07, 6.45) is -2.56.